The average molecular weight is 451 g/mol. The molecular formula is C21H24F2N4O3S. The molecular weight excluding hydrogens is 426 g/mol. The summed E-state index contributed by atoms with van der Waals surface area (Å²) >= 11 is 0. The average Bonchev–Trinajstić information content (AvgIpc) is 3.47. The summed E-state index contributed by atoms with van der Waals surface area (Å²) in [7, 11) is -1.92. The molecule has 2 heterocycles. The number of aryl methyl sites for hydroxylation is 1. The molecule has 2 aliphatic carbocycles. The molecule has 10 heteroatoms. The van der Waals surface area contributed by atoms with E-state index in [1.807, 2.05) is 0 Å². The fraction of sp³-hybridized carbons (Fsp3) is 0.524. The van der Waals surface area contributed by atoms with Gasteiger partial charge in [0.1, 0.15) is 11.6 Å². The van der Waals surface area contributed by atoms with Crippen LogP contribution in [0.15, 0.2) is 35.7 Å². The number of piperidine rings is 1. The van der Waals surface area contributed by atoms with E-state index in [1.54, 1.807) is 11.6 Å². The molecule has 1 aromatic heterocycles. The first-order valence-corrected chi connectivity index (χ1v) is 11.9. The van der Waals surface area contributed by atoms with Crippen molar-refractivity contribution < 1.29 is 22.0 Å². The van der Waals surface area contributed by atoms with Crippen LogP contribution in [0.1, 0.15) is 29.6 Å². The Balaban J connectivity index is 1.28. The first-order valence-electron chi connectivity index (χ1n) is 10.4. The van der Waals surface area contributed by atoms with E-state index in [1.165, 1.54) is 16.8 Å². The quantitative estimate of drug-likeness (QED) is 0.701. The van der Waals surface area contributed by atoms with Crippen molar-refractivity contribution in [1.29, 1.82) is 0 Å². The number of carbonyl (C=O) groups excluding carboxylic acids is 1. The molecule has 0 spiro atoms. The normalized spacial score (nSPS) is 27.8. The zero-order chi connectivity index (χ0) is 22.0. The summed E-state index contributed by atoms with van der Waals surface area (Å²) in [6.07, 6.45) is 6.20. The second-order valence-corrected chi connectivity index (χ2v) is 11.0. The smallest absolute Gasteiger partial charge is 0.262 e. The minimum absolute atomic E-state index is 0.0455. The molecule has 1 N–H and O–H groups in total. The Kier molecular flexibility index (Phi) is 4.71. The SMILES string of the molecule is Cn1cnc(S(=O)(=O)N2CC3C(C2)C3(CNC(=O)c2ccc(F)cc2F)CC2CC2)c1. The van der Waals surface area contributed by atoms with E-state index in [2.05, 4.69) is 10.3 Å². The lowest BCUT2D eigenvalue weighted by molar-refractivity contribution is 0.0932. The summed E-state index contributed by atoms with van der Waals surface area (Å²) in [5.41, 5.74) is -0.350. The number of aromatic nitrogens is 2. The van der Waals surface area contributed by atoms with Gasteiger partial charge in [-0.3, -0.25) is 4.79 Å². The van der Waals surface area contributed by atoms with Crippen LogP contribution in [-0.2, 0) is 17.1 Å². The number of imidazole rings is 1. The number of nitrogens with zero attached hydrogens (tertiary/aromatic N) is 3. The van der Waals surface area contributed by atoms with Crippen LogP contribution in [-0.4, -0.2) is 47.8 Å². The molecule has 1 aromatic carbocycles. The molecule has 2 unspecified atom stereocenters. The fourth-order valence-electron chi connectivity index (χ4n) is 5.16. The third kappa shape index (κ3) is 3.55. The monoisotopic (exact) mass is 450 g/mol. The number of sulfonamides is 1. The predicted octanol–water partition coefficient (Wildman–Crippen LogP) is 2.17. The van der Waals surface area contributed by atoms with Gasteiger partial charge in [0.15, 0.2) is 5.03 Å². The van der Waals surface area contributed by atoms with Gasteiger partial charge in [0.2, 0.25) is 0 Å². The van der Waals surface area contributed by atoms with E-state index in [9.17, 15) is 22.0 Å². The van der Waals surface area contributed by atoms with Crippen LogP contribution in [0.3, 0.4) is 0 Å². The lowest BCUT2D eigenvalue weighted by Gasteiger charge is -2.26. The Labute approximate surface area is 179 Å². The van der Waals surface area contributed by atoms with E-state index in [-0.39, 0.29) is 27.8 Å². The van der Waals surface area contributed by atoms with Crippen molar-refractivity contribution in [3.63, 3.8) is 0 Å². The summed E-state index contributed by atoms with van der Waals surface area (Å²) < 4.78 is 55.9. The largest absolute Gasteiger partial charge is 0.351 e. The standard InChI is InChI=1S/C21H24F2N4O3S/c1-26-10-19(25-12-26)31(29,30)27-8-16-17(9-27)21(16,7-13-2-3-13)11-24-20(28)15-5-4-14(22)6-18(15)23/h4-6,10,12-13,16-17H,2-3,7-9,11H2,1H3,(H,24,28). The van der Waals surface area contributed by atoms with Gasteiger partial charge < -0.3 is 9.88 Å². The minimum atomic E-state index is -3.64. The highest BCUT2D eigenvalue weighted by Gasteiger charge is 2.69. The van der Waals surface area contributed by atoms with Gasteiger partial charge >= 0.3 is 0 Å². The minimum Gasteiger partial charge on any atom is -0.351 e. The first kappa shape index (κ1) is 20.6. The van der Waals surface area contributed by atoms with Crippen molar-refractivity contribution in [1.82, 2.24) is 19.2 Å². The summed E-state index contributed by atoms with van der Waals surface area (Å²) in [6, 6.07) is 2.90. The molecule has 166 valence electrons. The van der Waals surface area contributed by atoms with Gasteiger partial charge in [-0.25, -0.2) is 22.2 Å². The lowest BCUT2D eigenvalue weighted by atomic mass is 9.92. The second kappa shape index (κ2) is 7.09. The van der Waals surface area contributed by atoms with Crippen LogP contribution in [0.4, 0.5) is 8.78 Å². The maximum Gasteiger partial charge on any atom is 0.262 e. The number of halogens is 2. The molecule has 1 saturated heterocycles. The number of hydrogen-bond acceptors (Lipinski definition) is 4. The molecule has 2 aromatic rings. The van der Waals surface area contributed by atoms with Gasteiger partial charge in [-0.15, -0.1) is 0 Å². The number of carbonyl (C=O) groups is 1. The second-order valence-electron chi connectivity index (χ2n) is 9.10. The van der Waals surface area contributed by atoms with Gasteiger partial charge in [0.05, 0.1) is 11.9 Å². The third-order valence-electron chi connectivity index (χ3n) is 7.06. The van der Waals surface area contributed by atoms with E-state index >= 15 is 0 Å². The van der Waals surface area contributed by atoms with Crippen LogP contribution < -0.4 is 5.32 Å². The zero-order valence-corrected chi connectivity index (χ0v) is 17.9. The van der Waals surface area contributed by atoms with E-state index < -0.39 is 27.6 Å². The Bertz CT molecular complexity index is 1130. The van der Waals surface area contributed by atoms with Crippen molar-refractivity contribution in [2.24, 2.45) is 30.2 Å². The molecule has 5 rings (SSSR count). The topological polar surface area (TPSA) is 84.3 Å². The van der Waals surface area contributed by atoms with Crippen LogP contribution >= 0.6 is 0 Å². The number of rotatable bonds is 7. The van der Waals surface area contributed by atoms with Crippen molar-refractivity contribution in [3.8, 4) is 0 Å². The molecule has 3 aliphatic rings. The molecule has 3 fully saturated rings. The van der Waals surface area contributed by atoms with E-state index in [4.69, 9.17) is 0 Å². The van der Waals surface area contributed by atoms with Gasteiger partial charge in [-0.2, -0.15) is 4.31 Å². The highest BCUT2D eigenvalue weighted by Crippen LogP contribution is 2.67. The highest BCUT2D eigenvalue weighted by atomic mass is 32.2. The number of fused-ring (bicyclic) bond motifs is 1. The van der Waals surface area contributed by atoms with Crippen molar-refractivity contribution in [3.05, 3.63) is 47.9 Å². The zero-order valence-electron chi connectivity index (χ0n) is 17.1. The number of hydrogen-bond donors (Lipinski definition) is 1. The third-order valence-corrected chi connectivity index (χ3v) is 8.78. The maximum atomic E-state index is 14.0. The van der Waals surface area contributed by atoms with Crippen LogP contribution in [0.5, 0.6) is 0 Å². The van der Waals surface area contributed by atoms with E-state index in [0.29, 0.717) is 31.6 Å². The fourth-order valence-corrected chi connectivity index (χ4v) is 6.62. The van der Waals surface area contributed by atoms with E-state index in [0.717, 1.165) is 31.4 Å². The van der Waals surface area contributed by atoms with Crippen molar-refractivity contribution in [2.75, 3.05) is 19.6 Å². The molecule has 2 saturated carbocycles. The Morgan fingerprint density at radius 2 is 1.97 bits per heavy atom. The molecule has 0 bridgehead atoms. The summed E-state index contributed by atoms with van der Waals surface area (Å²) in [6.45, 7) is 1.17. The first-order chi connectivity index (χ1) is 14.7. The summed E-state index contributed by atoms with van der Waals surface area (Å²) in [4.78, 5) is 16.5. The molecule has 7 nitrogen and oxygen atoms in total. The van der Waals surface area contributed by atoms with Crippen molar-refractivity contribution >= 4 is 15.9 Å². The maximum absolute atomic E-state index is 14.0. The number of amides is 1. The predicted molar refractivity (Wildman–Crippen MR) is 107 cm³/mol. The Hall–Kier alpha value is -2.33. The molecule has 31 heavy (non-hydrogen) atoms. The van der Waals surface area contributed by atoms with Crippen LogP contribution in [0.2, 0.25) is 0 Å². The number of nitrogens with one attached hydrogen (secondary N) is 1. The van der Waals surface area contributed by atoms with Crippen LogP contribution in [0, 0.1) is 34.8 Å². The Morgan fingerprint density at radius 1 is 1.26 bits per heavy atom. The Morgan fingerprint density at radius 3 is 2.55 bits per heavy atom. The molecule has 1 aliphatic heterocycles. The highest BCUT2D eigenvalue weighted by molar-refractivity contribution is 7.89. The molecule has 1 amide bonds. The molecule has 0 radical (unpaired) electrons. The van der Waals surface area contributed by atoms with Crippen molar-refractivity contribution in [2.45, 2.75) is 24.3 Å². The van der Waals surface area contributed by atoms with Gasteiger partial charge in [0, 0.05) is 38.9 Å². The molecule has 2 atom stereocenters. The summed E-state index contributed by atoms with van der Waals surface area (Å²) in [5, 5.41) is 2.87. The lowest BCUT2D eigenvalue weighted by Crippen LogP contribution is -2.39. The van der Waals surface area contributed by atoms with Gasteiger partial charge in [0.25, 0.3) is 15.9 Å². The van der Waals surface area contributed by atoms with Gasteiger partial charge in [-0.05, 0) is 41.7 Å². The van der Waals surface area contributed by atoms with Crippen LogP contribution in [0.25, 0.3) is 0 Å². The van der Waals surface area contributed by atoms with Gasteiger partial charge in [-0.1, -0.05) is 12.8 Å². The number of benzene rings is 1. The summed E-state index contributed by atoms with van der Waals surface area (Å²) in [5.74, 6) is -1.28.